The lowest BCUT2D eigenvalue weighted by Crippen LogP contribution is -2.22. The number of hydrogen-bond acceptors (Lipinski definition) is 3. The van der Waals surface area contributed by atoms with E-state index >= 15 is 0 Å². The van der Waals surface area contributed by atoms with Crippen LogP contribution in [0.3, 0.4) is 0 Å². The monoisotopic (exact) mass is 369 g/mol. The number of benzene rings is 3. The van der Waals surface area contributed by atoms with Crippen molar-refractivity contribution in [1.82, 2.24) is 14.5 Å². The van der Waals surface area contributed by atoms with E-state index in [1.54, 1.807) is 34.9 Å². The summed E-state index contributed by atoms with van der Waals surface area (Å²) < 4.78 is 1.60. The van der Waals surface area contributed by atoms with Crippen LogP contribution in [0, 0.1) is 0 Å². The summed E-state index contributed by atoms with van der Waals surface area (Å²) in [6.45, 7) is 0. The molecule has 0 aliphatic heterocycles. The minimum atomic E-state index is -1.07. The number of carboxylic acids is 1. The maximum absolute atomic E-state index is 13.2. The second-order valence-corrected chi connectivity index (χ2v) is 6.65. The molecule has 0 fully saturated rings. The molecule has 2 heterocycles. The average Bonchev–Trinajstić information content (AvgIpc) is 3.12. The number of aromatic nitrogens is 3. The van der Waals surface area contributed by atoms with Crippen LogP contribution < -0.4 is 5.43 Å². The minimum Gasteiger partial charge on any atom is -0.479 e. The summed E-state index contributed by atoms with van der Waals surface area (Å²) >= 11 is 0. The fraction of sp³-hybridized carbons (Fsp3) is 0.0455. The molecule has 2 N–H and O–H groups in total. The van der Waals surface area contributed by atoms with Crippen LogP contribution in [0.4, 0.5) is 0 Å². The molecule has 1 atom stereocenters. The summed E-state index contributed by atoms with van der Waals surface area (Å²) in [5.41, 5.74) is 2.97. The third kappa shape index (κ3) is 2.31. The molecule has 136 valence electrons. The van der Waals surface area contributed by atoms with E-state index in [1.165, 1.54) is 6.33 Å². The molecule has 6 heteroatoms. The second-order valence-electron chi connectivity index (χ2n) is 6.65. The maximum Gasteiger partial charge on any atom is 0.331 e. The van der Waals surface area contributed by atoms with E-state index in [-0.39, 0.29) is 5.43 Å². The summed E-state index contributed by atoms with van der Waals surface area (Å²) in [6.07, 6.45) is 1.51. The zero-order valence-electron chi connectivity index (χ0n) is 14.7. The van der Waals surface area contributed by atoms with E-state index < -0.39 is 12.0 Å². The molecule has 1 unspecified atom stereocenters. The molecule has 6 nitrogen and oxygen atoms in total. The van der Waals surface area contributed by atoms with Gasteiger partial charge in [-0.25, -0.2) is 9.78 Å². The van der Waals surface area contributed by atoms with Crippen LogP contribution in [-0.2, 0) is 4.79 Å². The number of fused-ring (bicyclic) bond motifs is 3. The van der Waals surface area contributed by atoms with Crippen molar-refractivity contribution in [1.29, 1.82) is 0 Å². The number of rotatable bonds is 3. The highest BCUT2D eigenvalue weighted by molar-refractivity contribution is 5.96. The summed E-state index contributed by atoms with van der Waals surface area (Å²) in [6, 6.07) is 18.7. The lowest BCUT2D eigenvalue weighted by atomic mass is 9.99. The number of para-hydroxylation sites is 3. The fourth-order valence-corrected chi connectivity index (χ4v) is 3.81. The number of hydrogen-bond donors (Lipinski definition) is 2. The zero-order valence-corrected chi connectivity index (χ0v) is 14.7. The van der Waals surface area contributed by atoms with Crippen LogP contribution in [0.1, 0.15) is 11.6 Å². The molecule has 0 spiro atoms. The van der Waals surface area contributed by atoms with Gasteiger partial charge in [-0.1, -0.05) is 36.4 Å². The number of carbonyl (C=O) groups is 1. The summed E-state index contributed by atoms with van der Waals surface area (Å²) in [4.78, 5) is 33.1. The number of nitrogens with zero attached hydrogens (tertiary/aromatic N) is 2. The molecule has 28 heavy (non-hydrogen) atoms. The average molecular weight is 369 g/mol. The molecule has 5 aromatic rings. The van der Waals surface area contributed by atoms with Gasteiger partial charge in [0, 0.05) is 10.9 Å². The van der Waals surface area contributed by atoms with Gasteiger partial charge in [-0.3, -0.25) is 4.79 Å². The predicted octanol–water partition coefficient (Wildman–Crippen LogP) is 3.71. The molecule has 0 amide bonds. The third-order valence-electron chi connectivity index (χ3n) is 5.05. The van der Waals surface area contributed by atoms with Crippen molar-refractivity contribution in [3.8, 4) is 0 Å². The summed E-state index contributed by atoms with van der Waals surface area (Å²) in [5.74, 6) is -1.05. The van der Waals surface area contributed by atoms with Crippen molar-refractivity contribution < 1.29 is 9.90 Å². The van der Waals surface area contributed by atoms with Gasteiger partial charge < -0.3 is 14.7 Å². The van der Waals surface area contributed by atoms with Gasteiger partial charge >= 0.3 is 5.97 Å². The molecule has 0 bridgehead atoms. The van der Waals surface area contributed by atoms with E-state index in [2.05, 4.69) is 9.97 Å². The Kier molecular flexibility index (Phi) is 3.52. The topological polar surface area (TPSA) is 88.0 Å². The Morgan fingerprint density at radius 1 is 0.964 bits per heavy atom. The number of aromatic amines is 1. The summed E-state index contributed by atoms with van der Waals surface area (Å²) in [5, 5.41) is 11.0. The van der Waals surface area contributed by atoms with Gasteiger partial charge in [0.25, 0.3) is 0 Å². The molecular formula is C22H15N3O3. The first-order chi connectivity index (χ1) is 13.6. The number of H-pyrrole nitrogens is 1. The SMILES string of the molecule is O=C(O)C(c1cccc2[nH]c3ccccc3c(=O)c12)n1cnc2ccccc21. The van der Waals surface area contributed by atoms with Crippen molar-refractivity contribution in [2.45, 2.75) is 6.04 Å². The Morgan fingerprint density at radius 3 is 2.57 bits per heavy atom. The van der Waals surface area contributed by atoms with Gasteiger partial charge in [-0.05, 0) is 35.9 Å². The van der Waals surface area contributed by atoms with E-state index in [0.29, 0.717) is 32.9 Å². The smallest absolute Gasteiger partial charge is 0.331 e. The van der Waals surface area contributed by atoms with Gasteiger partial charge in [0.2, 0.25) is 0 Å². The molecule has 2 aromatic heterocycles. The van der Waals surface area contributed by atoms with Crippen LogP contribution in [0.25, 0.3) is 32.8 Å². The van der Waals surface area contributed by atoms with Crippen LogP contribution in [-0.4, -0.2) is 25.6 Å². The first-order valence-corrected chi connectivity index (χ1v) is 8.83. The quantitative estimate of drug-likeness (QED) is 0.475. The molecule has 0 aliphatic carbocycles. The molecule has 0 saturated heterocycles. The number of imidazole rings is 1. The maximum atomic E-state index is 13.2. The Hall–Kier alpha value is -3.93. The Balaban J connectivity index is 1.87. The molecule has 0 aliphatic rings. The number of pyridine rings is 1. The summed E-state index contributed by atoms with van der Waals surface area (Å²) in [7, 11) is 0. The van der Waals surface area contributed by atoms with Gasteiger partial charge in [-0.2, -0.15) is 0 Å². The zero-order chi connectivity index (χ0) is 19.3. The fourth-order valence-electron chi connectivity index (χ4n) is 3.81. The van der Waals surface area contributed by atoms with Crippen LogP contribution in [0.15, 0.2) is 77.9 Å². The normalized spacial score (nSPS) is 12.6. The lowest BCUT2D eigenvalue weighted by Gasteiger charge is -2.17. The first kappa shape index (κ1) is 16.3. The number of carboxylic acid groups (broad SMARTS) is 1. The molecule has 5 rings (SSSR count). The number of nitrogens with one attached hydrogen (secondary N) is 1. The van der Waals surface area contributed by atoms with E-state index in [1.807, 2.05) is 36.4 Å². The van der Waals surface area contributed by atoms with Gasteiger partial charge in [0.1, 0.15) is 0 Å². The van der Waals surface area contributed by atoms with Crippen molar-refractivity contribution in [2.24, 2.45) is 0 Å². The first-order valence-electron chi connectivity index (χ1n) is 8.83. The Labute approximate surface area is 158 Å². The van der Waals surface area contributed by atoms with Crippen LogP contribution >= 0.6 is 0 Å². The molecular weight excluding hydrogens is 354 g/mol. The van der Waals surface area contributed by atoms with Gasteiger partial charge in [0.15, 0.2) is 11.5 Å². The number of aliphatic carboxylic acids is 1. The second kappa shape index (κ2) is 6.06. The van der Waals surface area contributed by atoms with E-state index in [4.69, 9.17) is 0 Å². The largest absolute Gasteiger partial charge is 0.479 e. The van der Waals surface area contributed by atoms with Crippen LogP contribution in [0.2, 0.25) is 0 Å². The molecule has 0 saturated carbocycles. The lowest BCUT2D eigenvalue weighted by molar-refractivity contribution is -0.139. The van der Waals surface area contributed by atoms with E-state index in [9.17, 15) is 14.7 Å². The van der Waals surface area contributed by atoms with Gasteiger partial charge in [-0.15, -0.1) is 0 Å². The highest BCUT2D eigenvalue weighted by Gasteiger charge is 2.27. The Morgan fingerprint density at radius 2 is 1.71 bits per heavy atom. The van der Waals surface area contributed by atoms with Crippen molar-refractivity contribution in [3.63, 3.8) is 0 Å². The Bertz CT molecular complexity index is 1430. The van der Waals surface area contributed by atoms with Crippen LogP contribution in [0.5, 0.6) is 0 Å². The molecule has 0 radical (unpaired) electrons. The highest BCUT2D eigenvalue weighted by Crippen LogP contribution is 2.29. The van der Waals surface area contributed by atoms with E-state index in [0.717, 1.165) is 5.52 Å². The van der Waals surface area contributed by atoms with Crippen molar-refractivity contribution in [3.05, 3.63) is 88.8 Å². The minimum absolute atomic E-state index is 0.185. The van der Waals surface area contributed by atoms with Crippen molar-refractivity contribution >= 4 is 38.8 Å². The van der Waals surface area contributed by atoms with Crippen molar-refractivity contribution in [2.75, 3.05) is 0 Å². The third-order valence-corrected chi connectivity index (χ3v) is 5.05. The standard InChI is InChI=1S/C22H15N3O3/c26-21-13-6-1-2-8-15(13)24-17-10-5-7-14(19(17)21)20(22(27)28)25-12-23-16-9-3-4-11-18(16)25/h1-12,20H,(H,24,26)(H,27,28). The highest BCUT2D eigenvalue weighted by atomic mass is 16.4. The predicted molar refractivity (Wildman–Crippen MR) is 108 cm³/mol. The molecule has 3 aromatic carbocycles. The van der Waals surface area contributed by atoms with Gasteiger partial charge in [0.05, 0.1) is 28.3 Å².